The number of hydrogen-bond acceptors (Lipinski definition) is 6. The zero-order chi connectivity index (χ0) is 16.0. The van der Waals surface area contributed by atoms with Crippen molar-refractivity contribution < 1.29 is 19.1 Å². The van der Waals surface area contributed by atoms with Crippen LogP contribution in [0, 0.1) is 10.1 Å². The minimum absolute atomic E-state index is 0.0592. The maximum Gasteiger partial charge on any atom is 0.277 e. The van der Waals surface area contributed by atoms with E-state index in [2.05, 4.69) is 0 Å². The van der Waals surface area contributed by atoms with Crippen LogP contribution in [-0.4, -0.2) is 31.4 Å². The Labute approximate surface area is 124 Å². The number of ether oxygens (including phenoxy) is 3. The van der Waals surface area contributed by atoms with Crippen LogP contribution in [0.15, 0.2) is 12.1 Å². The van der Waals surface area contributed by atoms with Crippen molar-refractivity contribution in [1.29, 1.82) is 0 Å². The third-order valence-corrected chi connectivity index (χ3v) is 3.30. The van der Waals surface area contributed by atoms with E-state index in [0.717, 1.165) is 0 Å². The average molecular weight is 298 g/mol. The van der Waals surface area contributed by atoms with E-state index in [1.807, 2.05) is 13.8 Å². The van der Waals surface area contributed by atoms with E-state index in [1.54, 1.807) is 7.11 Å². The fourth-order valence-electron chi connectivity index (χ4n) is 1.71. The normalized spacial score (nSPS) is 11.3. The van der Waals surface area contributed by atoms with Gasteiger partial charge in [0.25, 0.3) is 5.69 Å². The van der Waals surface area contributed by atoms with Gasteiger partial charge in [-0.1, -0.05) is 0 Å². The van der Waals surface area contributed by atoms with Gasteiger partial charge in [0.15, 0.2) is 11.5 Å². The largest absolute Gasteiger partial charge is 0.493 e. The highest BCUT2D eigenvalue weighted by Crippen LogP contribution is 2.34. The van der Waals surface area contributed by atoms with Crippen molar-refractivity contribution in [3.05, 3.63) is 27.8 Å². The number of hydrogen-bond donors (Lipinski definition) is 1. The molecule has 7 nitrogen and oxygen atoms in total. The molecule has 0 aliphatic rings. The topological polar surface area (TPSA) is 96.9 Å². The minimum atomic E-state index is -0.479. The molecule has 0 fully saturated rings. The molecule has 0 heterocycles. The Morgan fingerprint density at radius 1 is 1.29 bits per heavy atom. The molecule has 118 valence electrons. The molecule has 0 aliphatic carbocycles. The summed E-state index contributed by atoms with van der Waals surface area (Å²) in [6.45, 7) is 4.29. The van der Waals surface area contributed by atoms with Crippen LogP contribution in [-0.2, 0) is 11.3 Å². The summed E-state index contributed by atoms with van der Waals surface area (Å²) in [4.78, 5) is 10.6. The Morgan fingerprint density at radius 3 is 2.43 bits per heavy atom. The highest BCUT2D eigenvalue weighted by atomic mass is 16.6. The Hall–Kier alpha value is -1.86. The van der Waals surface area contributed by atoms with E-state index in [0.29, 0.717) is 30.1 Å². The maximum absolute atomic E-state index is 11.0. The number of methoxy groups -OCH3 is 2. The molecule has 0 atom stereocenters. The lowest BCUT2D eigenvalue weighted by molar-refractivity contribution is -0.385. The molecule has 0 aliphatic heterocycles. The Morgan fingerprint density at radius 2 is 1.95 bits per heavy atom. The van der Waals surface area contributed by atoms with Gasteiger partial charge >= 0.3 is 0 Å². The Kier molecular flexibility index (Phi) is 5.92. The van der Waals surface area contributed by atoms with E-state index >= 15 is 0 Å². The molecule has 2 N–H and O–H groups in total. The van der Waals surface area contributed by atoms with Crippen molar-refractivity contribution in [3.63, 3.8) is 0 Å². The molecule has 1 aromatic carbocycles. The number of rotatable bonds is 8. The van der Waals surface area contributed by atoms with E-state index in [-0.39, 0.29) is 17.8 Å². The summed E-state index contributed by atoms with van der Waals surface area (Å²) in [6.07, 6.45) is 0.638. The summed E-state index contributed by atoms with van der Waals surface area (Å²) in [5, 5.41) is 11.0. The second-order valence-corrected chi connectivity index (χ2v) is 5.16. The number of nitro benzene ring substituents is 1. The van der Waals surface area contributed by atoms with Gasteiger partial charge < -0.3 is 19.9 Å². The average Bonchev–Trinajstić information content (AvgIpc) is 2.46. The highest BCUT2D eigenvalue weighted by Gasteiger charge is 2.20. The van der Waals surface area contributed by atoms with Crippen LogP contribution in [0.2, 0.25) is 0 Å². The van der Waals surface area contributed by atoms with Crippen molar-refractivity contribution in [3.8, 4) is 11.5 Å². The van der Waals surface area contributed by atoms with Gasteiger partial charge in [0.2, 0.25) is 0 Å². The van der Waals surface area contributed by atoms with Crippen molar-refractivity contribution in [2.24, 2.45) is 5.73 Å². The van der Waals surface area contributed by atoms with Crippen molar-refractivity contribution >= 4 is 5.69 Å². The van der Waals surface area contributed by atoms with Gasteiger partial charge in [-0.15, -0.1) is 0 Å². The molecule has 0 aromatic heterocycles. The monoisotopic (exact) mass is 298 g/mol. The molecule has 0 spiro atoms. The number of benzene rings is 1. The van der Waals surface area contributed by atoms with Gasteiger partial charge in [-0.25, -0.2) is 0 Å². The first-order valence-electron chi connectivity index (χ1n) is 6.58. The van der Waals surface area contributed by atoms with Gasteiger partial charge in [-0.3, -0.25) is 10.1 Å². The molecule has 1 rings (SSSR count). The number of nitro groups is 1. The lowest BCUT2D eigenvalue weighted by Crippen LogP contribution is -2.25. The van der Waals surface area contributed by atoms with E-state index in [1.165, 1.54) is 19.2 Å². The zero-order valence-corrected chi connectivity index (χ0v) is 12.8. The van der Waals surface area contributed by atoms with Crippen LogP contribution < -0.4 is 15.2 Å². The first-order valence-corrected chi connectivity index (χ1v) is 6.58. The predicted octanol–water partition coefficient (Wildman–Crippen LogP) is 2.26. The standard InChI is InChI=1S/C14H22N2O5/c1-14(2,20-4)5-6-21-13-8-11(16(17)18)10(9-15)7-12(13)19-3/h7-8H,5-6,9,15H2,1-4H3. The molecule has 0 unspecified atom stereocenters. The minimum Gasteiger partial charge on any atom is -0.493 e. The molecule has 0 radical (unpaired) electrons. The first-order chi connectivity index (χ1) is 9.84. The molecule has 1 aromatic rings. The van der Waals surface area contributed by atoms with Crippen LogP contribution in [0.4, 0.5) is 5.69 Å². The third-order valence-electron chi connectivity index (χ3n) is 3.30. The van der Waals surface area contributed by atoms with Crippen LogP contribution in [0.25, 0.3) is 0 Å². The molecule has 21 heavy (non-hydrogen) atoms. The summed E-state index contributed by atoms with van der Waals surface area (Å²) >= 11 is 0. The van der Waals surface area contributed by atoms with Crippen molar-refractivity contribution in [2.75, 3.05) is 20.8 Å². The number of nitrogens with two attached hydrogens (primary N) is 1. The molecular weight excluding hydrogens is 276 g/mol. The van der Waals surface area contributed by atoms with E-state index in [4.69, 9.17) is 19.9 Å². The molecule has 0 saturated carbocycles. The third kappa shape index (κ3) is 4.57. The summed E-state index contributed by atoms with van der Waals surface area (Å²) in [5.41, 5.74) is 5.53. The lowest BCUT2D eigenvalue weighted by atomic mass is 10.1. The molecule has 0 saturated heterocycles. The highest BCUT2D eigenvalue weighted by molar-refractivity contribution is 5.54. The molecular formula is C14H22N2O5. The van der Waals surface area contributed by atoms with Crippen molar-refractivity contribution in [2.45, 2.75) is 32.4 Å². The van der Waals surface area contributed by atoms with Crippen LogP contribution in [0.5, 0.6) is 11.5 Å². The predicted molar refractivity (Wildman–Crippen MR) is 78.7 cm³/mol. The van der Waals surface area contributed by atoms with Crippen LogP contribution in [0.1, 0.15) is 25.8 Å². The van der Waals surface area contributed by atoms with Crippen molar-refractivity contribution in [1.82, 2.24) is 0 Å². The lowest BCUT2D eigenvalue weighted by Gasteiger charge is -2.23. The first kappa shape index (κ1) is 17.2. The second kappa shape index (κ2) is 7.24. The van der Waals surface area contributed by atoms with Gasteiger partial charge in [-0.05, 0) is 19.9 Å². The maximum atomic E-state index is 11.0. The smallest absolute Gasteiger partial charge is 0.277 e. The second-order valence-electron chi connectivity index (χ2n) is 5.16. The van der Waals surface area contributed by atoms with Gasteiger partial charge in [0.05, 0.1) is 30.3 Å². The summed E-state index contributed by atoms with van der Waals surface area (Å²) < 4.78 is 16.1. The zero-order valence-electron chi connectivity index (χ0n) is 12.8. The fourth-order valence-corrected chi connectivity index (χ4v) is 1.71. The van der Waals surface area contributed by atoms with Crippen LogP contribution in [0.3, 0.4) is 0 Å². The van der Waals surface area contributed by atoms with E-state index in [9.17, 15) is 10.1 Å². The van der Waals surface area contributed by atoms with E-state index < -0.39 is 4.92 Å². The van der Waals surface area contributed by atoms with Gasteiger partial charge in [0, 0.05) is 25.6 Å². The number of nitrogens with zero attached hydrogens (tertiary/aromatic N) is 1. The quantitative estimate of drug-likeness (QED) is 0.584. The molecule has 0 amide bonds. The van der Waals surface area contributed by atoms with Crippen LogP contribution >= 0.6 is 0 Å². The Bertz CT molecular complexity index is 502. The SMILES string of the molecule is COc1cc(CN)c([N+](=O)[O-])cc1OCCC(C)(C)OC. The summed E-state index contributed by atoms with van der Waals surface area (Å²) in [5.74, 6) is 0.754. The molecule has 0 bridgehead atoms. The van der Waals surface area contributed by atoms with Gasteiger partial charge in [-0.2, -0.15) is 0 Å². The van der Waals surface area contributed by atoms with Gasteiger partial charge in [0.1, 0.15) is 0 Å². The summed E-state index contributed by atoms with van der Waals surface area (Å²) in [7, 11) is 3.11. The molecule has 7 heteroatoms. The Balaban J connectivity index is 2.95. The fraction of sp³-hybridized carbons (Fsp3) is 0.571. The summed E-state index contributed by atoms with van der Waals surface area (Å²) in [6, 6.07) is 2.88.